The number of ether oxygens (including phenoxy) is 1. The lowest BCUT2D eigenvalue weighted by Crippen LogP contribution is -2.25. The molecule has 0 aliphatic heterocycles. The molecular weight excluding hydrogens is 232 g/mol. The molecule has 2 rings (SSSR count). The third kappa shape index (κ3) is 3.13. The number of fused-ring (bicyclic) bond motifs is 1. The zero-order valence-electron chi connectivity index (χ0n) is 10.7. The van der Waals surface area contributed by atoms with Crippen molar-refractivity contribution in [2.75, 3.05) is 19.0 Å². The first-order valence-electron chi connectivity index (χ1n) is 6.14. The highest BCUT2D eigenvalue weighted by Crippen LogP contribution is 2.09. The Balaban J connectivity index is 2.04. The van der Waals surface area contributed by atoms with Gasteiger partial charge < -0.3 is 10.1 Å². The Hall–Kier alpha value is -1.76. The summed E-state index contributed by atoms with van der Waals surface area (Å²) in [6, 6.07) is 3.97. The summed E-state index contributed by atoms with van der Waals surface area (Å²) in [6.45, 7) is 2.84. The zero-order valence-corrected chi connectivity index (χ0v) is 10.7. The largest absolute Gasteiger partial charge is 0.383 e. The Morgan fingerprint density at radius 2 is 2.33 bits per heavy atom. The van der Waals surface area contributed by atoms with Crippen LogP contribution < -0.4 is 5.32 Å². The number of hydrogen-bond donors (Lipinski definition) is 1. The van der Waals surface area contributed by atoms with Crippen molar-refractivity contribution in [2.24, 2.45) is 0 Å². The number of tetrazole rings is 1. The molecule has 2 aromatic heterocycles. The maximum atomic E-state index is 5.21. The highest BCUT2D eigenvalue weighted by Gasteiger charge is 2.09. The van der Waals surface area contributed by atoms with Crippen LogP contribution in [0.15, 0.2) is 12.1 Å². The predicted molar refractivity (Wildman–Crippen MR) is 67.4 cm³/mol. The van der Waals surface area contributed by atoms with Gasteiger partial charge in [0.15, 0.2) is 5.65 Å². The second-order valence-electron chi connectivity index (χ2n) is 4.18. The van der Waals surface area contributed by atoms with Crippen molar-refractivity contribution in [3.8, 4) is 0 Å². The number of rotatable bonds is 7. The molecule has 2 heterocycles. The van der Waals surface area contributed by atoms with E-state index in [0.717, 1.165) is 18.7 Å². The van der Waals surface area contributed by atoms with Crippen molar-refractivity contribution in [3.05, 3.63) is 12.1 Å². The van der Waals surface area contributed by atoms with Gasteiger partial charge in [-0.05, 0) is 29.0 Å². The van der Waals surface area contributed by atoms with Crippen molar-refractivity contribution in [1.82, 2.24) is 25.3 Å². The fourth-order valence-electron chi connectivity index (χ4n) is 1.78. The van der Waals surface area contributed by atoms with E-state index in [2.05, 4.69) is 32.9 Å². The first kappa shape index (κ1) is 12.7. The van der Waals surface area contributed by atoms with Crippen molar-refractivity contribution >= 4 is 11.5 Å². The maximum absolute atomic E-state index is 5.21. The molecule has 0 spiro atoms. The van der Waals surface area contributed by atoms with Crippen LogP contribution in [0.5, 0.6) is 0 Å². The number of anilines is 1. The van der Waals surface area contributed by atoms with Crippen LogP contribution in [0.3, 0.4) is 0 Å². The number of nitrogens with one attached hydrogen (secondary N) is 1. The Morgan fingerprint density at radius 3 is 3.11 bits per heavy atom. The Labute approximate surface area is 106 Å². The molecule has 0 fully saturated rings. The van der Waals surface area contributed by atoms with Gasteiger partial charge in [0.05, 0.1) is 12.6 Å². The summed E-state index contributed by atoms with van der Waals surface area (Å²) >= 11 is 0. The molecule has 0 aromatic carbocycles. The number of nitrogens with zero attached hydrogens (tertiary/aromatic N) is 5. The van der Waals surface area contributed by atoms with Crippen molar-refractivity contribution < 1.29 is 4.74 Å². The molecule has 0 amide bonds. The van der Waals surface area contributed by atoms with E-state index in [9.17, 15) is 0 Å². The molecule has 0 saturated heterocycles. The quantitative estimate of drug-likeness (QED) is 0.794. The van der Waals surface area contributed by atoms with E-state index in [4.69, 9.17) is 4.74 Å². The first-order valence-corrected chi connectivity index (χ1v) is 6.14. The number of unbranched alkanes of at least 4 members (excludes halogenated alkanes) is 1. The summed E-state index contributed by atoms with van der Waals surface area (Å²) in [4.78, 5) is 0. The van der Waals surface area contributed by atoms with Crippen LogP contribution in [0, 0.1) is 0 Å². The van der Waals surface area contributed by atoms with Crippen LogP contribution >= 0.6 is 0 Å². The SMILES string of the molecule is CCCCC(COC)Nc1ccc2nnnn2n1. The van der Waals surface area contributed by atoms with Gasteiger partial charge in [0.1, 0.15) is 5.82 Å². The van der Waals surface area contributed by atoms with E-state index in [1.807, 2.05) is 12.1 Å². The Kier molecular flexibility index (Phi) is 4.40. The maximum Gasteiger partial charge on any atom is 0.200 e. The molecule has 0 radical (unpaired) electrons. The highest BCUT2D eigenvalue weighted by molar-refractivity contribution is 5.42. The van der Waals surface area contributed by atoms with E-state index in [1.54, 1.807) is 7.11 Å². The minimum absolute atomic E-state index is 0.261. The topological polar surface area (TPSA) is 77.2 Å². The van der Waals surface area contributed by atoms with Crippen LogP contribution in [-0.2, 0) is 4.74 Å². The summed E-state index contributed by atoms with van der Waals surface area (Å²) in [7, 11) is 1.71. The van der Waals surface area contributed by atoms with Crippen LogP contribution in [0.25, 0.3) is 5.65 Å². The van der Waals surface area contributed by atoms with Crippen molar-refractivity contribution in [1.29, 1.82) is 0 Å². The molecule has 1 N–H and O–H groups in total. The van der Waals surface area contributed by atoms with Gasteiger partial charge in [0.2, 0.25) is 0 Å². The Bertz CT molecular complexity index is 485. The van der Waals surface area contributed by atoms with E-state index in [1.165, 1.54) is 11.1 Å². The number of aromatic nitrogens is 5. The summed E-state index contributed by atoms with van der Waals surface area (Å²) in [5.74, 6) is 0.757. The minimum atomic E-state index is 0.261. The lowest BCUT2D eigenvalue weighted by atomic mass is 10.1. The van der Waals surface area contributed by atoms with Crippen LogP contribution in [-0.4, -0.2) is 45.0 Å². The van der Waals surface area contributed by atoms with Gasteiger partial charge in [-0.25, -0.2) is 0 Å². The number of methoxy groups -OCH3 is 1. The molecule has 7 heteroatoms. The standard InChI is InChI=1S/C11H18N6O/c1-3-4-5-9(8-18-2)12-10-6-7-11-13-15-16-17(11)14-10/h6-7,9H,3-5,8H2,1-2H3,(H,12,14). The van der Waals surface area contributed by atoms with E-state index in [-0.39, 0.29) is 6.04 Å². The lowest BCUT2D eigenvalue weighted by Gasteiger charge is -2.17. The molecule has 7 nitrogen and oxygen atoms in total. The molecule has 18 heavy (non-hydrogen) atoms. The Morgan fingerprint density at radius 1 is 1.44 bits per heavy atom. The van der Waals surface area contributed by atoms with Gasteiger partial charge in [-0.3, -0.25) is 0 Å². The molecule has 0 saturated carbocycles. The summed E-state index contributed by atoms with van der Waals surface area (Å²) in [5, 5.41) is 18.8. The summed E-state index contributed by atoms with van der Waals surface area (Å²) in [5.41, 5.74) is 0.636. The summed E-state index contributed by atoms with van der Waals surface area (Å²) < 4.78 is 6.62. The smallest absolute Gasteiger partial charge is 0.200 e. The molecule has 98 valence electrons. The van der Waals surface area contributed by atoms with Gasteiger partial charge in [-0.1, -0.05) is 19.8 Å². The third-order valence-corrected chi connectivity index (χ3v) is 2.70. The molecule has 0 aliphatic carbocycles. The van der Waals surface area contributed by atoms with E-state index in [0.29, 0.717) is 12.3 Å². The van der Waals surface area contributed by atoms with Crippen molar-refractivity contribution in [2.45, 2.75) is 32.2 Å². The average molecular weight is 250 g/mol. The second kappa shape index (κ2) is 6.25. The number of hydrogen-bond acceptors (Lipinski definition) is 6. The second-order valence-corrected chi connectivity index (χ2v) is 4.18. The van der Waals surface area contributed by atoms with E-state index < -0.39 is 0 Å². The average Bonchev–Trinajstić information content (AvgIpc) is 2.83. The minimum Gasteiger partial charge on any atom is -0.383 e. The van der Waals surface area contributed by atoms with Gasteiger partial charge in [-0.15, -0.1) is 14.8 Å². The van der Waals surface area contributed by atoms with Gasteiger partial charge in [-0.2, -0.15) is 0 Å². The molecule has 1 unspecified atom stereocenters. The van der Waals surface area contributed by atoms with Gasteiger partial charge in [0.25, 0.3) is 0 Å². The fourth-order valence-corrected chi connectivity index (χ4v) is 1.78. The first-order chi connectivity index (χ1) is 8.83. The summed E-state index contributed by atoms with van der Waals surface area (Å²) in [6.07, 6.45) is 3.38. The zero-order chi connectivity index (χ0) is 12.8. The van der Waals surface area contributed by atoms with Gasteiger partial charge in [0, 0.05) is 7.11 Å². The van der Waals surface area contributed by atoms with Crippen LogP contribution in [0.2, 0.25) is 0 Å². The fraction of sp³-hybridized carbons (Fsp3) is 0.636. The van der Waals surface area contributed by atoms with E-state index >= 15 is 0 Å². The molecular formula is C11H18N6O. The molecule has 0 bridgehead atoms. The molecule has 0 aliphatic rings. The third-order valence-electron chi connectivity index (χ3n) is 2.70. The highest BCUT2D eigenvalue weighted by atomic mass is 16.5. The monoisotopic (exact) mass is 250 g/mol. The van der Waals surface area contributed by atoms with Crippen molar-refractivity contribution in [3.63, 3.8) is 0 Å². The van der Waals surface area contributed by atoms with Crippen LogP contribution in [0.4, 0.5) is 5.82 Å². The normalized spacial score (nSPS) is 12.8. The van der Waals surface area contributed by atoms with Crippen LogP contribution in [0.1, 0.15) is 26.2 Å². The van der Waals surface area contributed by atoms with Gasteiger partial charge >= 0.3 is 0 Å². The predicted octanol–water partition coefficient (Wildman–Crippen LogP) is 1.14. The lowest BCUT2D eigenvalue weighted by molar-refractivity contribution is 0.182. The molecule has 1 atom stereocenters. The molecule has 2 aromatic rings.